The van der Waals surface area contributed by atoms with Gasteiger partial charge < -0.3 is 18.9 Å². The maximum atomic E-state index is 12.3. The topological polar surface area (TPSA) is 88.1 Å². The number of carbonyl (C=O) groups excluding carboxylic acids is 3. The lowest BCUT2D eigenvalue weighted by atomic mass is 10.2. The van der Waals surface area contributed by atoms with E-state index in [2.05, 4.69) is 29.2 Å². The molecule has 0 aliphatic carbocycles. The lowest BCUT2D eigenvalue weighted by molar-refractivity contribution is -0.140. The zero-order valence-electron chi connectivity index (χ0n) is 13.8. The van der Waals surface area contributed by atoms with Crippen molar-refractivity contribution in [2.45, 2.75) is 20.1 Å². The predicted molar refractivity (Wildman–Crippen MR) is 118 cm³/mol. The molecular formula is C16H15I3O7. The first-order chi connectivity index (χ1) is 12.1. The van der Waals surface area contributed by atoms with Gasteiger partial charge in [0.15, 0.2) is 0 Å². The summed E-state index contributed by atoms with van der Waals surface area (Å²) < 4.78 is 21.9. The fourth-order valence-corrected chi connectivity index (χ4v) is 5.55. The molecule has 0 saturated carbocycles. The van der Waals surface area contributed by atoms with E-state index in [0.29, 0.717) is 5.56 Å². The lowest BCUT2D eigenvalue weighted by Gasteiger charge is -2.15. The van der Waals surface area contributed by atoms with Crippen LogP contribution >= 0.6 is 67.8 Å². The molecule has 0 heterocycles. The average molecular weight is 700 g/mol. The van der Waals surface area contributed by atoms with Gasteiger partial charge in [0.2, 0.25) is 6.29 Å². The van der Waals surface area contributed by atoms with Crippen molar-refractivity contribution < 1.29 is 33.3 Å². The molecule has 26 heavy (non-hydrogen) atoms. The molecule has 0 aliphatic heterocycles. The van der Waals surface area contributed by atoms with Crippen LogP contribution in [0.4, 0.5) is 4.79 Å². The number of ether oxygens (including phenoxy) is 4. The predicted octanol–water partition coefficient (Wildman–Crippen LogP) is 4.28. The second-order valence-electron chi connectivity index (χ2n) is 4.85. The Kier molecular flexibility index (Phi) is 10.1. The maximum Gasteiger partial charge on any atom is 0.511 e. The van der Waals surface area contributed by atoms with Crippen molar-refractivity contribution in [2.24, 2.45) is 0 Å². The third kappa shape index (κ3) is 7.94. The molecule has 1 aromatic rings. The molecule has 1 unspecified atom stereocenters. The number of hydrogen-bond acceptors (Lipinski definition) is 7. The summed E-state index contributed by atoms with van der Waals surface area (Å²) in [6, 6.07) is 3.68. The summed E-state index contributed by atoms with van der Waals surface area (Å²) in [6.45, 7) is 6.00. The number of esters is 2. The minimum atomic E-state index is -1.14. The normalized spacial score (nSPS) is 11.3. The smallest absolute Gasteiger partial charge is 0.459 e. The van der Waals surface area contributed by atoms with E-state index >= 15 is 0 Å². The molecule has 0 fully saturated rings. The quantitative estimate of drug-likeness (QED) is 0.105. The Morgan fingerprint density at radius 1 is 1.04 bits per heavy atom. The molecule has 1 rings (SSSR count). The van der Waals surface area contributed by atoms with Gasteiger partial charge in [-0.2, -0.15) is 0 Å². The third-order valence-corrected chi connectivity index (χ3v) is 4.96. The Morgan fingerprint density at radius 3 is 2.12 bits per heavy atom. The van der Waals surface area contributed by atoms with Crippen LogP contribution in [0.2, 0.25) is 0 Å². The Bertz CT molecular complexity index is 695. The minimum absolute atomic E-state index is 0.131. The number of hydrogen-bond donors (Lipinski definition) is 0. The lowest BCUT2D eigenvalue weighted by Crippen LogP contribution is -2.24. The van der Waals surface area contributed by atoms with Crippen molar-refractivity contribution in [1.29, 1.82) is 0 Å². The number of carbonyl (C=O) groups is 3. The van der Waals surface area contributed by atoms with Crippen LogP contribution in [0, 0.1) is 10.7 Å². The van der Waals surface area contributed by atoms with E-state index in [9.17, 15) is 14.4 Å². The summed E-state index contributed by atoms with van der Waals surface area (Å²) in [7, 11) is 0. The highest BCUT2D eigenvalue weighted by molar-refractivity contribution is 14.1. The van der Waals surface area contributed by atoms with Gasteiger partial charge in [-0.25, -0.2) is 14.4 Å². The summed E-state index contributed by atoms with van der Waals surface area (Å²) >= 11 is 6.23. The van der Waals surface area contributed by atoms with Gasteiger partial charge in [-0.15, -0.1) is 0 Å². The molecule has 0 spiro atoms. The van der Waals surface area contributed by atoms with E-state index in [0.717, 1.165) is 10.7 Å². The fourth-order valence-electron chi connectivity index (χ4n) is 1.52. The molecule has 0 saturated heterocycles. The summed E-state index contributed by atoms with van der Waals surface area (Å²) in [5, 5.41) is 0. The summed E-state index contributed by atoms with van der Waals surface area (Å²) in [5.41, 5.74) is 0.648. The molecule has 7 nitrogen and oxygen atoms in total. The van der Waals surface area contributed by atoms with Crippen LogP contribution in [0.5, 0.6) is 0 Å². The SMILES string of the molecule is C=C(C)C(=O)OCCOC(=O)OC(C)OC(=O)c1c(I)cc(I)cc1I. The van der Waals surface area contributed by atoms with Gasteiger partial charge >= 0.3 is 18.1 Å². The van der Waals surface area contributed by atoms with Crippen molar-refractivity contribution in [3.8, 4) is 0 Å². The molecule has 0 aromatic heterocycles. The molecule has 10 heteroatoms. The molecule has 0 aliphatic rings. The van der Waals surface area contributed by atoms with Gasteiger partial charge in [-0.3, -0.25) is 0 Å². The van der Waals surface area contributed by atoms with E-state index in [4.69, 9.17) is 18.9 Å². The van der Waals surface area contributed by atoms with E-state index in [-0.39, 0.29) is 18.8 Å². The largest absolute Gasteiger partial charge is 0.511 e. The Labute approximate surface area is 191 Å². The summed E-state index contributed by atoms with van der Waals surface area (Å²) in [5.74, 6) is -1.18. The van der Waals surface area contributed by atoms with Crippen LogP contribution < -0.4 is 0 Å². The monoisotopic (exact) mass is 700 g/mol. The molecule has 0 radical (unpaired) electrons. The van der Waals surface area contributed by atoms with Gasteiger partial charge in [0, 0.05) is 23.2 Å². The minimum Gasteiger partial charge on any atom is -0.459 e. The molecule has 0 bridgehead atoms. The van der Waals surface area contributed by atoms with Crippen LogP contribution in [0.15, 0.2) is 24.3 Å². The number of rotatable bonds is 7. The van der Waals surface area contributed by atoms with Crippen LogP contribution in [0.3, 0.4) is 0 Å². The number of halogens is 3. The molecule has 1 atom stereocenters. The zero-order chi connectivity index (χ0) is 19.9. The van der Waals surface area contributed by atoms with E-state index in [1.807, 2.05) is 57.3 Å². The van der Waals surface area contributed by atoms with Crippen LogP contribution in [0.1, 0.15) is 24.2 Å². The molecular weight excluding hydrogens is 685 g/mol. The molecule has 142 valence electrons. The Hall–Kier alpha value is -0.640. The zero-order valence-corrected chi connectivity index (χ0v) is 20.3. The van der Waals surface area contributed by atoms with Gasteiger partial charge in [0.05, 0.1) is 5.56 Å². The molecule has 0 N–H and O–H groups in total. The standard InChI is InChI=1S/C16H15I3O7/c1-8(2)14(20)23-4-5-24-16(22)26-9(3)25-15(21)13-11(18)6-10(17)7-12(13)19/h6-7,9H,1,4-5H2,2-3H3. The van der Waals surface area contributed by atoms with Crippen LogP contribution in [-0.4, -0.2) is 37.6 Å². The van der Waals surface area contributed by atoms with Crippen molar-refractivity contribution in [3.63, 3.8) is 0 Å². The average Bonchev–Trinajstić information content (AvgIpc) is 2.49. The first kappa shape index (κ1) is 23.4. The van der Waals surface area contributed by atoms with Crippen molar-refractivity contribution in [3.05, 3.63) is 40.6 Å². The Morgan fingerprint density at radius 2 is 1.58 bits per heavy atom. The second kappa shape index (κ2) is 11.3. The van der Waals surface area contributed by atoms with E-state index < -0.39 is 24.4 Å². The van der Waals surface area contributed by atoms with Crippen LogP contribution in [0.25, 0.3) is 0 Å². The third-order valence-electron chi connectivity index (χ3n) is 2.63. The number of benzene rings is 1. The van der Waals surface area contributed by atoms with Crippen LogP contribution in [-0.2, 0) is 23.7 Å². The Balaban J connectivity index is 2.45. The van der Waals surface area contributed by atoms with Crippen molar-refractivity contribution in [2.75, 3.05) is 13.2 Å². The van der Waals surface area contributed by atoms with Gasteiger partial charge in [-0.1, -0.05) is 6.58 Å². The van der Waals surface area contributed by atoms with E-state index in [1.54, 1.807) is 0 Å². The van der Waals surface area contributed by atoms with Crippen molar-refractivity contribution >= 4 is 85.9 Å². The highest BCUT2D eigenvalue weighted by Crippen LogP contribution is 2.24. The van der Waals surface area contributed by atoms with Gasteiger partial charge in [0.1, 0.15) is 13.2 Å². The highest BCUT2D eigenvalue weighted by atomic mass is 127. The summed E-state index contributed by atoms with van der Waals surface area (Å²) in [6.07, 6.45) is -2.18. The second-order valence-corrected chi connectivity index (χ2v) is 8.42. The van der Waals surface area contributed by atoms with E-state index in [1.165, 1.54) is 13.8 Å². The first-order valence-corrected chi connectivity index (χ1v) is 10.4. The first-order valence-electron chi connectivity index (χ1n) is 7.13. The fraction of sp³-hybridized carbons (Fsp3) is 0.312. The molecule has 0 amide bonds. The highest BCUT2D eigenvalue weighted by Gasteiger charge is 2.21. The maximum absolute atomic E-state index is 12.3. The van der Waals surface area contributed by atoms with Gasteiger partial charge in [0.25, 0.3) is 0 Å². The molecule has 1 aromatic carbocycles. The van der Waals surface area contributed by atoms with Gasteiger partial charge in [-0.05, 0) is 86.8 Å². The summed E-state index contributed by atoms with van der Waals surface area (Å²) in [4.78, 5) is 34.9. The van der Waals surface area contributed by atoms with Crippen molar-refractivity contribution in [1.82, 2.24) is 0 Å².